The topological polar surface area (TPSA) is 64.6 Å². The average Bonchev–Trinajstić information content (AvgIpc) is 2.45. The summed E-state index contributed by atoms with van der Waals surface area (Å²) in [6.45, 7) is 9.46. The molecule has 1 amide bonds. The molecule has 0 unspecified atom stereocenters. The highest BCUT2D eigenvalue weighted by atomic mass is 16.6. The molecule has 0 radical (unpaired) electrons. The fourth-order valence-electron chi connectivity index (χ4n) is 2.23. The fraction of sp³-hybridized carbons (Fsp3) is 0.579. The van der Waals surface area contributed by atoms with Crippen LogP contribution in [0.5, 0.6) is 5.75 Å². The van der Waals surface area contributed by atoms with Crippen molar-refractivity contribution in [2.24, 2.45) is 5.92 Å². The molecular formula is C19H29NO4. The molecule has 0 fully saturated rings. The van der Waals surface area contributed by atoms with Crippen LogP contribution < -0.4 is 10.1 Å². The van der Waals surface area contributed by atoms with Crippen molar-refractivity contribution in [2.45, 2.75) is 59.1 Å². The van der Waals surface area contributed by atoms with Gasteiger partial charge in [-0.25, -0.2) is 4.79 Å². The van der Waals surface area contributed by atoms with E-state index in [0.29, 0.717) is 6.42 Å². The summed E-state index contributed by atoms with van der Waals surface area (Å²) in [5.41, 5.74) is 0.285. The van der Waals surface area contributed by atoms with E-state index in [1.54, 1.807) is 7.11 Å². The molecule has 1 N–H and O–H groups in total. The van der Waals surface area contributed by atoms with E-state index in [2.05, 4.69) is 5.32 Å². The van der Waals surface area contributed by atoms with Crippen LogP contribution in [0.25, 0.3) is 0 Å². The quantitative estimate of drug-likeness (QED) is 0.778. The average molecular weight is 335 g/mol. The number of nitrogens with one attached hydrogen (secondary N) is 1. The molecule has 0 spiro atoms. The Hall–Kier alpha value is -2.04. The van der Waals surface area contributed by atoms with Crippen LogP contribution in [0.4, 0.5) is 0 Å². The zero-order valence-corrected chi connectivity index (χ0v) is 15.5. The molecule has 0 aliphatic heterocycles. The first-order valence-corrected chi connectivity index (χ1v) is 8.26. The molecular weight excluding hydrogens is 306 g/mol. The Kier molecular flexibility index (Phi) is 7.26. The van der Waals surface area contributed by atoms with E-state index in [4.69, 9.17) is 9.47 Å². The molecule has 1 rings (SSSR count). The maximum Gasteiger partial charge on any atom is 0.329 e. The van der Waals surface area contributed by atoms with Gasteiger partial charge in [0.1, 0.15) is 17.4 Å². The largest absolute Gasteiger partial charge is 0.497 e. The number of methoxy groups -OCH3 is 1. The predicted molar refractivity (Wildman–Crippen MR) is 93.9 cm³/mol. The molecule has 0 aliphatic carbocycles. The number of rotatable bonds is 7. The Bertz CT molecular complexity index is 543. The molecule has 0 aromatic heterocycles. The summed E-state index contributed by atoms with van der Waals surface area (Å²) >= 11 is 0. The van der Waals surface area contributed by atoms with E-state index in [0.717, 1.165) is 11.3 Å². The van der Waals surface area contributed by atoms with E-state index in [1.807, 2.05) is 58.9 Å². The minimum absolute atomic E-state index is 0.198. The standard InChI is InChI=1S/C19H29NO4/c1-13(2)11-16(18(22)24-19(3,4)5)20-17(21)12-14-7-9-15(23-6)10-8-14/h7-10,13,16H,11-12H2,1-6H3,(H,20,21)/t16-/m0/s1. The molecule has 0 heterocycles. The van der Waals surface area contributed by atoms with E-state index in [9.17, 15) is 9.59 Å². The smallest absolute Gasteiger partial charge is 0.329 e. The molecule has 5 heteroatoms. The van der Waals surface area contributed by atoms with Crippen molar-refractivity contribution in [1.82, 2.24) is 5.32 Å². The van der Waals surface area contributed by atoms with E-state index >= 15 is 0 Å². The van der Waals surface area contributed by atoms with Crippen LogP contribution in [-0.2, 0) is 20.7 Å². The van der Waals surface area contributed by atoms with Gasteiger partial charge in [0.05, 0.1) is 13.5 Å². The van der Waals surface area contributed by atoms with Crippen molar-refractivity contribution in [3.8, 4) is 5.75 Å². The van der Waals surface area contributed by atoms with Crippen molar-refractivity contribution >= 4 is 11.9 Å². The Morgan fingerprint density at radius 1 is 1.12 bits per heavy atom. The lowest BCUT2D eigenvalue weighted by Gasteiger charge is -2.25. The van der Waals surface area contributed by atoms with Crippen molar-refractivity contribution in [2.75, 3.05) is 7.11 Å². The zero-order chi connectivity index (χ0) is 18.3. The normalized spacial score (nSPS) is 12.6. The van der Waals surface area contributed by atoms with Crippen molar-refractivity contribution < 1.29 is 19.1 Å². The van der Waals surface area contributed by atoms with Gasteiger partial charge in [0.15, 0.2) is 0 Å². The molecule has 1 aromatic rings. The van der Waals surface area contributed by atoms with Gasteiger partial charge in [-0.05, 0) is 50.8 Å². The first kappa shape index (κ1) is 20.0. The second-order valence-corrected chi connectivity index (χ2v) is 7.31. The number of benzene rings is 1. The summed E-state index contributed by atoms with van der Waals surface area (Å²) in [7, 11) is 1.60. The predicted octanol–water partition coefficient (Wildman–Crippen LogP) is 3.11. The summed E-state index contributed by atoms with van der Waals surface area (Å²) in [4.78, 5) is 24.6. The minimum Gasteiger partial charge on any atom is -0.497 e. The Morgan fingerprint density at radius 2 is 1.71 bits per heavy atom. The number of esters is 1. The third kappa shape index (κ3) is 7.49. The number of ether oxygens (including phenoxy) is 2. The molecule has 24 heavy (non-hydrogen) atoms. The maximum atomic E-state index is 12.3. The second kappa shape index (κ2) is 8.71. The monoisotopic (exact) mass is 335 g/mol. The Labute approximate surface area is 144 Å². The second-order valence-electron chi connectivity index (χ2n) is 7.31. The van der Waals surface area contributed by atoms with Gasteiger partial charge in [0, 0.05) is 0 Å². The van der Waals surface area contributed by atoms with Crippen LogP contribution in [0.2, 0.25) is 0 Å². The molecule has 134 valence electrons. The zero-order valence-electron chi connectivity index (χ0n) is 15.5. The van der Waals surface area contributed by atoms with E-state index < -0.39 is 11.6 Å². The van der Waals surface area contributed by atoms with Crippen LogP contribution in [0.3, 0.4) is 0 Å². The third-order valence-corrected chi connectivity index (χ3v) is 3.26. The lowest BCUT2D eigenvalue weighted by atomic mass is 10.0. The van der Waals surface area contributed by atoms with Gasteiger partial charge < -0.3 is 14.8 Å². The summed E-state index contributed by atoms with van der Waals surface area (Å²) in [6.07, 6.45) is 0.755. The number of carbonyl (C=O) groups excluding carboxylic acids is 2. The van der Waals surface area contributed by atoms with Gasteiger partial charge in [-0.3, -0.25) is 4.79 Å². The molecule has 0 saturated heterocycles. The minimum atomic E-state index is -0.630. The fourth-order valence-corrected chi connectivity index (χ4v) is 2.23. The van der Waals surface area contributed by atoms with Crippen molar-refractivity contribution in [1.29, 1.82) is 0 Å². The highest BCUT2D eigenvalue weighted by Gasteiger charge is 2.27. The highest BCUT2D eigenvalue weighted by Crippen LogP contribution is 2.14. The maximum absolute atomic E-state index is 12.3. The number of hydrogen-bond acceptors (Lipinski definition) is 4. The summed E-state index contributed by atoms with van der Waals surface area (Å²) in [6, 6.07) is 6.66. The van der Waals surface area contributed by atoms with Gasteiger partial charge in [0.25, 0.3) is 0 Å². The Morgan fingerprint density at radius 3 is 2.17 bits per heavy atom. The molecule has 1 aromatic carbocycles. The van der Waals surface area contributed by atoms with Gasteiger partial charge in [-0.15, -0.1) is 0 Å². The Balaban J connectivity index is 2.70. The van der Waals surface area contributed by atoms with Crippen LogP contribution in [0.1, 0.15) is 46.6 Å². The van der Waals surface area contributed by atoms with Gasteiger partial charge >= 0.3 is 5.97 Å². The van der Waals surface area contributed by atoms with E-state index in [-0.39, 0.29) is 24.2 Å². The number of carbonyl (C=O) groups is 2. The van der Waals surface area contributed by atoms with Crippen LogP contribution in [0.15, 0.2) is 24.3 Å². The van der Waals surface area contributed by atoms with Crippen molar-refractivity contribution in [3.63, 3.8) is 0 Å². The lowest BCUT2D eigenvalue weighted by molar-refractivity contribution is -0.159. The SMILES string of the molecule is COc1ccc(CC(=O)N[C@@H](CC(C)C)C(=O)OC(C)(C)C)cc1. The van der Waals surface area contributed by atoms with Crippen LogP contribution >= 0.6 is 0 Å². The van der Waals surface area contributed by atoms with Gasteiger partial charge in [-0.2, -0.15) is 0 Å². The third-order valence-electron chi connectivity index (χ3n) is 3.26. The highest BCUT2D eigenvalue weighted by molar-refractivity contribution is 5.85. The first-order valence-electron chi connectivity index (χ1n) is 8.26. The van der Waals surface area contributed by atoms with Gasteiger partial charge in [-0.1, -0.05) is 26.0 Å². The lowest BCUT2D eigenvalue weighted by Crippen LogP contribution is -2.45. The molecule has 0 saturated carbocycles. The van der Waals surface area contributed by atoms with Crippen molar-refractivity contribution in [3.05, 3.63) is 29.8 Å². The van der Waals surface area contributed by atoms with Gasteiger partial charge in [0.2, 0.25) is 5.91 Å². The van der Waals surface area contributed by atoms with Crippen LogP contribution in [0, 0.1) is 5.92 Å². The number of hydrogen-bond donors (Lipinski definition) is 1. The molecule has 5 nitrogen and oxygen atoms in total. The summed E-state index contributed by atoms with van der Waals surface area (Å²) in [5.74, 6) is 0.422. The van der Waals surface area contributed by atoms with Crippen LogP contribution in [-0.4, -0.2) is 30.6 Å². The molecule has 0 aliphatic rings. The molecule has 1 atom stereocenters. The number of amides is 1. The molecule has 0 bridgehead atoms. The summed E-state index contributed by atoms with van der Waals surface area (Å²) < 4.78 is 10.5. The first-order chi connectivity index (χ1) is 11.1. The summed E-state index contributed by atoms with van der Waals surface area (Å²) in [5, 5.41) is 2.80. The van der Waals surface area contributed by atoms with E-state index in [1.165, 1.54) is 0 Å².